The lowest BCUT2D eigenvalue weighted by Crippen LogP contribution is -2.20. The normalized spacial score (nSPS) is 16.7. The predicted molar refractivity (Wildman–Crippen MR) is 89.6 cm³/mol. The summed E-state index contributed by atoms with van der Waals surface area (Å²) in [6.45, 7) is 0. The number of halogens is 2. The van der Waals surface area contributed by atoms with Crippen molar-refractivity contribution in [2.45, 2.75) is 3.23 Å². The first-order valence-electron chi connectivity index (χ1n) is 6.36. The molecule has 116 valence electrons. The summed E-state index contributed by atoms with van der Waals surface area (Å²) in [7, 11) is 0. The molecule has 7 nitrogen and oxygen atoms in total. The fourth-order valence-electron chi connectivity index (χ4n) is 2.04. The van der Waals surface area contributed by atoms with Crippen LogP contribution in [-0.4, -0.2) is 27.6 Å². The Bertz CT molecular complexity index is 838. The molecule has 2 aliphatic rings. The van der Waals surface area contributed by atoms with E-state index in [-0.39, 0.29) is 5.91 Å². The smallest absolute Gasteiger partial charge is 0.298 e. The van der Waals surface area contributed by atoms with Gasteiger partial charge in [-0.2, -0.15) is 0 Å². The summed E-state index contributed by atoms with van der Waals surface area (Å²) in [5.74, 6) is -0.276. The maximum Gasteiger partial charge on any atom is 0.298 e. The van der Waals surface area contributed by atoms with E-state index in [4.69, 9.17) is 0 Å². The van der Waals surface area contributed by atoms with Crippen LogP contribution >= 0.6 is 31.9 Å². The van der Waals surface area contributed by atoms with Gasteiger partial charge < -0.3 is 10.6 Å². The highest BCUT2D eigenvalue weighted by Crippen LogP contribution is 2.46. The third-order valence-electron chi connectivity index (χ3n) is 3.15. The highest BCUT2D eigenvalue weighted by Gasteiger charge is 2.43. The molecular formula is C14H8Br2N4O3. The summed E-state index contributed by atoms with van der Waals surface area (Å²) in [4.78, 5) is 40.8. The molecule has 0 saturated heterocycles. The Morgan fingerprint density at radius 3 is 2.22 bits per heavy atom. The van der Waals surface area contributed by atoms with E-state index in [1.165, 1.54) is 6.20 Å². The topological polar surface area (TPSA) is 101 Å². The number of aromatic nitrogens is 2. The average Bonchev–Trinajstić information content (AvgIpc) is 2.95. The first-order valence-corrected chi connectivity index (χ1v) is 7.95. The summed E-state index contributed by atoms with van der Waals surface area (Å²) >= 11 is 6.54. The van der Waals surface area contributed by atoms with Crippen molar-refractivity contribution < 1.29 is 14.4 Å². The number of fused-ring (bicyclic) bond motifs is 2. The molecule has 0 radical (unpaired) electrons. The Hall–Kier alpha value is -2.13. The average molecular weight is 440 g/mol. The van der Waals surface area contributed by atoms with E-state index < -0.39 is 14.9 Å². The van der Waals surface area contributed by atoms with E-state index in [1.807, 2.05) is 6.07 Å². The molecule has 0 saturated carbocycles. The van der Waals surface area contributed by atoms with Crippen LogP contribution in [-0.2, 0) is 12.8 Å². The van der Waals surface area contributed by atoms with Gasteiger partial charge in [0.2, 0.25) is 0 Å². The van der Waals surface area contributed by atoms with E-state index in [0.717, 1.165) is 5.56 Å². The van der Waals surface area contributed by atoms with Gasteiger partial charge in [-0.3, -0.25) is 14.4 Å². The first-order chi connectivity index (χ1) is 10.9. The van der Waals surface area contributed by atoms with E-state index >= 15 is 0 Å². The quantitative estimate of drug-likeness (QED) is 0.484. The van der Waals surface area contributed by atoms with Crippen LogP contribution in [0.5, 0.6) is 0 Å². The van der Waals surface area contributed by atoms with Crippen LogP contribution in [0.25, 0.3) is 0 Å². The number of carbonyl (C=O) groups is 3. The maximum absolute atomic E-state index is 11.3. The number of pyridine rings is 2. The first kappa shape index (κ1) is 15.8. The van der Waals surface area contributed by atoms with Crippen molar-refractivity contribution in [1.82, 2.24) is 9.97 Å². The molecule has 4 heterocycles. The monoisotopic (exact) mass is 438 g/mol. The Kier molecular flexibility index (Phi) is 3.99. The van der Waals surface area contributed by atoms with Crippen molar-refractivity contribution in [2.24, 2.45) is 0 Å². The van der Waals surface area contributed by atoms with Crippen molar-refractivity contribution in [2.75, 3.05) is 10.6 Å². The molecule has 2 amide bonds. The molecule has 23 heavy (non-hydrogen) atoms. The van der Waals surface area contributed by atoms with Gasteiger partial charge in [-0.05, 0) is 18.2 Å². The lowest BCUT2D eigenvalue weighted by atomic mass is 10.2. The number of Topliss-reactive ketones (excluding diaryl/α,β-unsaturated/α-hetero) is 1. The number of amides is 2. The number of ketones is 1. The second-order valence-electron chi connectivity index (χ2n) is 4.61. The molecular weight excluding hydrogens is 432 g/mol. The number of anilines is 2. The van der Waals surface area contributed by atoms with Crippen LogP contribution < -0.4 is 10.6 Å². The van der Waals surface area contributed by atoms with Crippen molar-refractivity contribution in [3.8, 4) is 0 Å². The second-order valence-corrected chi connectivity index (χ2v) is 8.05. The van der Waals surface area contributed by atoms with E-state index in [0.29, 0.717) is 17.2 Å². The lowest BCUT2D eigenvalue weighted by Gasteiger charge is -2.08. The predicted octanol–water partition coefficient (Wildman–Crippen LogP) is 2.19. The number of rotatable bonds is 0. The van der Waals surface area contributed by atoms with Gasteiger partial charge in [0.15, 0.2) is 3.23 Å². The standard InChI is InChI=1S/C7H4Br2N2O.C7H4N2O2/c8-7(9)4-2-1-3-10-5(4)11-6(7)12;10-5-4-2-1-3-8-6(4)9-7(5)11/h1-3H,(H,10,11,12);1-3H,(H,8,9,10,11). The lowest BCUT2D eigenvalue weighted by molar-refractivity contribution is -0.115. The minimum atomic E-state index is -0.802. The fourth-order valence-corrected chi connectivity index (χ4v) is 2.88. The molecule has 0 bridgehead atoms. The molecule has 2 aromatic heterocycles. The summed E-state index contributed by atoms with van der Waals surface area (Å²) in [5.41, 5.74) is 1.17. The molecule has 0 spiro atoms. The fraction of sp³-hybridized carbons (Fsp3) is 0.0714. The minimum absolute atomic E-state index is 0.142. The number of hydrogen-bond acceptors (Lipinski definition) is 5. The summed E-state index contributed by atoms with van der Waals surface area (Å²) in [6, 6.07) is 6.82. The van der Waals surface area contributed by atoms with Gasteiger partial charge in [0, 0.05) is 18.0 Å². The highest BCUT2D eigenvalue weighted by molar-refractivity contribution is 9.25. The van der Waals surface area contributed by atoms with Crippen LogP contribution in [0.3, 0.4) is 0 Å². The Morgan fingerprint density at radius 1 is 0.913 bits per heavy atom. The zero-order chi connectivity index (χ0) is 16.6. The second kappa shape index (κ2) is 5.82. The SMILES string of the molecule is O=C1Nc2ncccc2C1(Br)Br.O=C1Nc2ncccc2C1=O. The Morgan fingerprint density at radius 2 is 1.57 bits per heavy atom. The molecule has 0 unspecified atom stereocenters. The summed E-state index contributed by atoms with van der Waals surface area (Å²) < 4.78 is -0.802. The number of carbonyl (C=O) groups excluding carboxylic acids is 3. The van der Waals surface area contributed by atoms with Crippen LogP contribution in [0.4, 0.5) is 11.6 Å². The summed E-state index contributed by atoms with van der Waals surface area (Å²) in [5, 5.41) is 4.99. The molecule has 2 N–H and O–H groups in total. The molecule has 0 fully saturated rings. The van der Waals surface area contributed by atoms with Gasteiger partial charge in [0.1, 0.15) is 11.6 Å². The zero-order valence-electron chi connectivity index (χ0n) is 11.3. The molecule has 2 aromatic rings. The van der Waals surface area contributed by atoms with Gasteiger partial charge in [0.25, 0.3) is 17.6 Å². The highest BCUT2D eigenvalue weighted by atomic mass is 79.9. The molecule has 0 atom stereocenters. The van der Waals surface area contributed by atoms with Crippen LogP contribution in [0, 0.1) is 0 Å². The molecule has 9 heteroatoms. The number of alkyl halides is 2. The van der Waals surface area contributed by atoms with E-state index in [9.17, 15) is 14.4 Å². The summed E-state index contributed by atoms with van der Waals surface area (Å²) in [6.07, 6.45) is 3.16. The van der Waals surface area contributed by atoms with E-state index in [2.05, 4.69) is 52.5 Å². The zero-order valence-corrected chi connectivity index (χ0v) is 14.5. The maximum atomic E-state index is 11.3. The molecule has 4 rings (SSSR count). The van der Waals surface area contributed by atoms with Gasteiger partial charge in [-0.1, -0.05) is 37.9 Å². The Labute approximate surface area is 147 Å². The number of nitrogens with zero attached hydrogens (tertiary/aromatic N) is 2. The van der Waals surface area contributed by atoms with Crippen molar-refractivity contribution in [3.05, 3.63) is 47.8 Å². The molecule has 2 aliphatic heterocycles. The van der Waals surface area contributed by atoms with Crippen LogP contribution in [0.1, 0.15) is 15.9 Å². The van der Waals surface area contributed by atoms with Gasteiger partial charge in [-0.25, -0.2) is 9.97 Å². The number of hydrogen-bond donors (Lipinski definition) is 2. The van der Waals surface area contributed by atoms with Crippen molar-refractivity contribution in [1.29, 1.82) is 0 Å². The van der Waals surface area contributed by atoms with Crippen molar-refractivity contribution in [3.63, 3.8) is 0 Å². The van der Waals surface area contributed by atoms with Crippen LogP contribution in [0.15, 0.2) is 36.7 Å². The van der Waals surface area contributed by atoms with Gasteiger partial charge in [-0.15, -0.1) is 0 Å². The van der Waals surface area contributed by atoms with E-state index in [1.54, 1.807) is 24.4 Å². The van der Waals surface area contributed by atoms with Crippen LogP contribution in [0.2, 0.25) is 0 Å². The minimum Gasteiger partial charge on any atom is -0.308 e. The molecule has 0 aromatic carbocycles. The third kappa shape index (κ3) is 2.77. The van der Waals surface area contributed by atoms with Crippen molar-refractivity contribution >= 4 is 61.1 Å². The largest absolute Gasteiger partial charge is 0.308 e. The third-order valence-corrected chi connectivity index (χ3v) is 4.73. The molecule has 0 aliphatic carbocycles. The van der Waals surface area contributed by atoms with Gasteiger partial charge >= 0.3 is 0 Å². The Balaban J connectivity index is 0.000000136. The number of nitrogens with one attached hydrogen (secondary N) is 2. The van der Waals surface area contributed by atoms with Gasteiger partial charge in [0.05, 0.1) is 5.56 Å².